The SMILES string of the molecule is CC/C=C\C/C=C\C/C=C\C/C=C\C/C=C\CCCCCCCCCCCCCC(=O)OCC(COC(=O)CCCCCCCC)OC(=O)CCCCCCC/C=C\C/C=C\CCCC. The minimum absolute atomic E-state index is 0.0825. The summed E-state index contributed by atoms with van der Waals surface area (Å²) in [5.41, 5.74) is 0. The van der Waals surface area contributed by atoms with Crippen LogP contribution in [0, 0.1) is 0 Å². The average molecular weight is 905 g/mol. The molecular formula is C59H100O6. The van der Waals surface area contributed by atoms with Gasteiger partial charge >= 0.3 is 17.9 Å². The van der Waals surface area contributed by atoms with E-state index in [1.54, 1.807) is 0 Å². The van der Waals surface area contributed by atoms with Crippen molar-refractivity contribution >= 4 is 17.9 Å². The van der Waals surface area contributed by atoms with E-state index in [0.717, 1.165) is 116 Å². The Labute approximate surface area is 401 Å². The molecule has 0 aromatic rings. The summed E-state index contributed by atoms with van der Waals surface area (Å²) in [7, 11) is 0. The molecule has 0 aromatic carbocycles. The highest BCUT2D eigenvalue weighted by atomic mass is 16.6. The van der Waals surface area contributed by atoms with E-state index < -0.39 is 6.10 Å². The summed E-state index contributed by atoms with van der Waals surface area (Å²) >= 11 is 0. The van der Waals surface area contributed by atoms with Crippen molar-refractivity contribution in [2.24, 2.45) is 0 Å². The van der Waals surface area contributed by atoms with Crippen LogP contribution < -0.4 is 0 Å². The van der Waals surface area contributed by atoms with Gasteiger partial charge in [-0.25, -0.2) is 0 Å². The van der Waals surface area contributed by atoms with Gasteiger partial charge in [-0.05, 0) is 89.9 Å². The van der Waals surface area contributed by atoms with Crippen LogP contribution >= 0.6 is 0 Å². The number of carbonyl (C=O) groups is 3. The van der Waals surface area contributed by atoms with Crippen molar-refractivity contribution in [3.63, 3.8) is 0 Å². The Morgan fingerprint density at radius 2 is 0.615 bits per heavy atom. The largest absolute Gasteiger partial charge is 0.462 e. The summed E-state index contributed by atoms with van der Waals surface area (Å²) in [6.07, 6.45) is 68.9. The van der Waals surface area contributed by atoms with Gasteiger partial charge in [0.05, 0.1) is 0 Å². The van der Waals surface area contributed by atoms with Gasteiger partial charge in [0.15, 0.2) is 6.10 Å². The molecule has 0 aromatic heterocycles. The molecule has 0 amide bonds. The number of ether oxygens (including phenoxy) is 3. The minimum Gasteiger partial charge on any atom is -0.462 e. The molecule has 0 heterocycles. The molecule has 0 fully saturated rings. The molecule has 65 heavy (non-hydrogen) atoms. The van der Waals surface area contributed by atoms with Gasteiger partial charge in [-0.15, -0.1) is 0 Å². The van der Waals surface area contributed by atoms with Gasteiger partial charge < -0.3 is 14.2 Å². The third-order valence-electron chi connectivity index (χ3n) is 11.4. The van der Waals surface area contributed by atoms with E-state index in [1.807, 2.05) is 0 Å². The van der Waals surface area contributed by atoms with Crippen LogP contribution in [-0.4, -0.2) is 37.2 Å². The molecule has 372 valence electrons. The Morgan fingerprint density at radius 1 is 0.323 bits per heavy atom. The van der Waals surface area contributed by atoms with Crippen LogP contribution in [0.4, 0.5) is 0 Å². The maximum Gasteiger partial charge on any atom is 0.306 e. The predicted octanol–water partition coefficient (Wildman–Crippen LogP) is 18.0. The first-order valence-electron chi connectivity index (χ1n) is 27.1. The second kappa shape index (κ2) is 53.2. The molecule has 0 aliphatic heterocycles. The van der Waals surface area contributed by atoms with Gasteiger partial charge in [-0.3, -0.25) is 14.4 Å². The van der Waals surface area contributed by atoms with E-state index >= 15 is 0 Å². The van der Waals surface area contributed by atoms with Crippen LogP contribution in [0.3, 0.4) is 0 Å². The Hall–Kier alpha value is -3.41. The summed E-state index contributed by atoms with van der Waals surface area (Å²) in [5.74, 6) is -0.909. The highest BCUT2D eigenvalue weighted by Crippen LogP contribution is 2.15. The number of rotatable bonds is 48. The van der Waals surface area contributed by atoms with Gasteiger partial charge in [0.25, 0.3) is 0 Å². The average Bonchev–Trinajstić information content (AvgIpc) is 3.30. The first-order chi connectivity index (χ1) is 32.0. The molecule has 6 heteroatoms. The Balaban J connectivity index is 4.12. The van der Waals surface area contributed by atoms with Crippen LogP contribution in [0.1, 0.15) is 252 Å². The van der Waals surface area contributed by atoms with Gasteiger partial charge in [0.1, 0.15) is 13.2 Å². The smallest absolute Gasteiger partial charge is 0.306 e. The number of allylic oxidation sites excluding steroid dienone is 14. The maximum absolute atomic E-state index is 12.7. The fourth-order valence-electron chi connectivity index (χ4n) is 7.31. The van der Waals surface area contributed by atoms with Crippen molar-refractivity contribution in [1.29, 1.82) is 0 Å². The van der Waals surface area contributed by atoms with Crippen molar-refractivity contribution in [1.82, 2.24) is 0 Å². The van der Waals surface area contributed by atoms with E-state index in [2.05, 4.69) is 106 Å². The number of hydrogen-bond donors (Lipinski definition) is 0. The first kappa shape index (κ1) is 61.6. The summed E-state index contributed by atoms with van der Waals surface area (Å²) in [5, 5.41) is 0. The number of esters is 3. The summed E-state index contributed by atoms with van der Waals surface area (Å²) in [4.78, 5) is 37.8. The van der Waals surface area contributed by atoms with E-state index in [-0.39, 0.29) is 31.1 Å². The lowest BCUT2D eigenvalue weighted by Gasteiger charge is -2.18. The van der Waals surface area contributed by atoms with Crippen molar-refractivity contribution in [2.45, 2.75) is 258 Å². The molecule has 0 saturated heterocycles. The van der Waals surface area contributed by atoms with Crippen LogP contribution in [-0.2, 0) is 28.6 Å². The van der Waals surface area contributed by atoms with Crippen molar-refractivity contribution in [3.8, 4) is 0 Å². The molecule has 1 unspecified atom stereocenters. The summed E-state index contributed by atoms with van der Waals surface area (Å²) < 4.78 is 16.7. The highest BCUT2D eigenvalue weighted by Gasteiger charge is 2.19. The number of unbranched alkanes of at least 4 members (excludes halogenated alkanes) is 23. The van der Waals surface area contributed by atoms with Crippen LogP contribution in [0.2, 0.25) is 0 Å². The molecule has 0 bridgehead atoms. The molecule has 0 saturated carbocycles. The van der Waals surface area contributed by atoms with Gasteiger partial charge in [-0.2, -0.15) is 0 Å². The lowest BCUT2D eigenvalue weighted by Crippen LogP contribution is -2.30. The molecule has 1 atom stereocenters. The predicted molar refractivity (Wildman–Crippen MR) is 279 cm³/mol. The summed E-state index contributed by atoms with van der Waals surface area (Å²) in [6, 6.07) is 0. The van der Waals surface area contributed by atoms with Crippen molar-refractivity contribution in [3.05, 3.63) is 85.1 Å². The van der Waals surface area contributed by atoms with Crippen LogP contribution in [0.15, 0.2) is 85.1 Å². The third-order valence-corrected chi connectivity index (χ3v) is 11.4. The molecule has 6 nitrogen and oxygen atoms in total. The van der Waals surface area contributed by atoms with Crippen molar-refractivity contribution in [2.75, 3.05) is 13.2 Å². The lowest BCUT2D eigenvalue weighted by atomic mass is 10.0. The van der Waals surface area contributed by atoms with Gasteiger partial charge in [-0.1, -0.05) is 228 Å². The Morgan fingerprint density at radius 3 is 0.985 bits per heavy atom. The monoisotopic (exact) mass is 905 g/mol. The summed E-state index contributed by atoms with van der Waals surface area (Å²) in [6.45, 7) is 6.41. The maximum atomic E-state index is 12.7. The second-order valence-electron chi connectivity index (χ2n) is 17.8. The molecule has 0 rings (SSSR count). The third kappa shape index (κ3) is 51.4. The topological polar surface area (TPSA) is 78.9 Å². The van der Waals surface area contributed by atoms with Crippen LogP contribution in [0.25, 0.3) is 0 Å². The van der Waals surface area contributed by atoms with E-state index in [1.165, 1.54) is 96.3 Å². The lowest BCUT2D eigenvalue weighted by molar-refractivity contribution is -0.167. The fourth-order valence-corrected chi connectivity index (χ4v) is 7.31. The first-order valence-corrected chi connectivity index (χ1v) is 27.1. The normalized spacial score (nSPS) is 12.7. The molecule has 0 aliphatic rings. The zero-order valence-corrected chi connectivity index (χ0v) is 42.5. The van der Waals surface area contributed by atoms with Gasteiger partial charge in [0.2, 0.25) is 0 Å². The zero-order valence-electron chi connectivity index (χ0n) is 42.5. The molecule has 0 N–H and O–H groups in total. The second-order valence-corrected chi connectivity index (χ2v) is 17.8. The Kier molecular flexibility index (Phi) is 50.4. The van der Waals surface area contributed by atoms with E-state index in [0.29, 0.717) is 19.3 Å². The quantitative estimate of drug-likeness (QED) is 0.0262. The molecule has 0 radical (unpaired) electrons. The van der Waals surface area contributed by atoms with Crippen molar-refractivity contribution < 1.29 is 28.6 Å². The highest BCUT2D eigenvalue weighted by molar-refractivity contribution is 5.71. The molecule has 0 aliphatic carbocycles. The van der Waals surface area contributed by atoms with Crippen LogP contribution in [0.5, 0.6) is 0 Å². The number of hydrogen-bond acceptors (Lipinski definition) is 6. The van der Waals surface area contributed by atoms with E-state index in [9.17, 15) is 14.4 Å². The number of carbonyl (C=O) groups excluding carboxylic acids is 3. The molecular weight excluding hydrogens is 805 g/mol. The Bertz CT molecular complexity index is 1270. The standard InChI is InChI=1S/C59H100O6/c1-4-7-10-13-16-18-20-22-24-25-26-27-28-29-30-31-32-33-34-35-36-38-39-41-43-46-49-52-58(61)64-55-56(54-63-57(60)51-48-45-15-12-9-6-3)65-59(62)53-50-47-44-42-40-37-23-21-19-17-14-11-8-5-2/h7,10,14,16-18,21-24,26-27,29-30,56H,4-6,8-9,11-13,15,19-20,25,28,31-55H2,1-3H3/b10-7-,17-14-,18-16-,23-21-,24-22-,27-26-,30-29-. The fraction of sp³-hybridized carbons (Fsp3) is 0.712. The zero-order chi connectivity index (χ0) is 47.2. The van der Waals surface area contributed by atoms with E-state index in [4.69, 9.17) is 14.2 Å². The minimum atomic E-state index is -0.780. The van der Waals surface area contributed by atoms with Gasteiger partial charge in [0, 0.05) is 19.3 Å². The molecule has 0 spiro atoms.